The maximum atomic E-state index is 12.0. The van der Waals surface area contributed by atoms with Crippen molar-refractivity contribution in [2.24, 2.45) is 5.41 Å². The Balaban J connectivity index is 2.56. The summed E-state index contributed by atoms with van der Waals surface area (Å²) in [6, 6.07) is 2.35. The van der Waals surface area contributed by atoms with Gasteiger partial charge in [-0.05, 0) is 47.1 Å². The van der Waals surface area contributed by atoms with Gasteiger partial charge in [0.15, 0.2) is 0 Å². The molecule has 0 aromatic heterocycles. The molecule has 120 valence electrons. The van der Waals surface area contributed by atoms with E-state index in [2.05, 4.69) is 11.4 Å². The Morgan fingerprint density at radius 1 is 1.48 bits per heavy atom. The first-order valence-corrected chi connectivity index (χ1v) is 7.43. The lowest BCUT2D eigenvalue weighted by molar-refractivity contribution is 0.0102. The second kappa shape index (κ2) is 7.10. The number of nitrogens with zero attached hydrogens (tertiary/aromatic N) is 2. The lowest BCUT2D eigenvalue weighted by Crippen LogP contribution is -2.46. The average molecular weight is 297 g/mol. The molecule has 1 amide bonds. The van der Waals surface area contributed by atoms with Crippen LogP contribution in [0.3, 0.4) is 0 Å². The van der Waals surface area contributed by atoms with Gasteiger partial charge >= 0.3 is 6.09 Å². The normalized spacial score (nSPS) is 19.7. The number of carbonyl (C=O) groups is 1. The van der Waals surface area contributed by atoms with E-state index in [-0.39, 0.29) is 6.09 Å². The number of ether oxygens (including phenoxy) is 1. The number of carbonyl (C=O) groups excluding carboxylic acids is 1. The van der Waals surface area contributed by atoms with Gasteiger partial charge in [0, 0.05) is 19.6 Å². The summed E-state index contributed by atoms with van der Waals surface area (Å²) in [6.07, 6.45) is 0.715. The number of aliphatic hydroxyl groups excluding tert-OH is 1. The number of likely N-dealkylation sites (tertiary alicyclic amines) is 1. The van der Waals surface area contributed by atoms with Gasteiger partial charge in [0.25, 0.3) is 0 Å². The largest absolute Gasteiger partial charge is 0.444 e. The molecule has 6 heteroatoms. The molecule has 1 rings (SSSR count). The summed E-state index contributed by atoms with van der Waals surface area (Å²) in [5.74, 6) is 0. The number of nitriles is 1. The van der Waals surface area contributed by atoms with Crippen molar-refractivity contribution in [3.63, 3.8) is 0 Å². The minimum absolute atomic E-state index is 0.329. The van der Waals surface area contributed by atoms with Crippen molar-refractivity contribution in [3.8, 4) is 6.07 Å². The number of hydrogen-bond acceptors (Lipinski definition) is 5. The summed E-state index contributed by atoms with van der Waals surface area (Å²) in [6.45, 7) is 6.97. The Bertz CT molecular complexity index is 390. The second-order valence-electron chi connectivity index (χ2n) is 6.78. The van der Waals surface area contributed by atoms with E-state index in [1.807, 2.05) is 20.8 Å². The molecule has 1 saturated heterocycles. The van der Waals surface area contributed by atoms with E-state index in [4.69, 9.17) is 4.74 Å². The number of piperidine rings is 1. The molecule has 0 radical (unpaired) electrons. The van der Waals surface area contributed by atoms with Crippen molar-refractivity contribution in [2.45, 2.75) is 51.7 Å². The predicted octanol–water partition coefficient (Wildman–Crippen LogP) is 1.50. The maximum Gasteiger partial charge on any atom is 0.410 e. The molecule has 1 fully saturated rings. The Morgan fingerprint density at radius 2 is 2.05 bits per heavy atom. The second-order valence-corrected chi connectivity index (χ2v) is 6.78. The predicted molar refractivity (Wildman–Crippen MR) is 79.6 cm³/mol. The van der Waals surface area contributed by atoms with Crippen LogP contribution in [-0.4, -0.2) is 54.5 Å². The Kier molecular flexibility index (Phi) is 5.99. The van der Waals surface area contributed by atoms with Gasteiger partial charge in [-0.25, -0.2) is 4.79 Å². The molecule has 1 aliphatic rings. The van der Waals surface area contributed by atoms with Crippen molar-refractivity contribution < 1.29 is 14.6 Å². The third kappa shape index (κ3) is 5.52. The van der Waals surface area contributed by atoms with Crippen LogP contribution in [0, 0.1) is 16.7 Å². The Hall–Kier alpha value is -1.32. The smallest absolute Gasteiger partial charge is 0.410 e. The molecule has 0 aromatic rings. The number of aliphatic hydroxyl groups is 1. The zero-order chi connectivity index (χ0) is 16.1. The maximum absolute atomic E-state index is 12.0. The van der Waals surface area contributed by atoms with Crippen molar-refractivity contribution in [1.29, 1.82) is 5.26 Å². The van der Waals surface area contributed by atoms with E-state index in [1.54, 1.807) is 11.9 Å². The minimum atomic E-state index is -0.547. The van der Waals surface area contributed by atoms with E-state index in [0.29, 0.717) is 38.9 Å². The van der Waals surface area contributed by atoms with E-state index < -0.39 is 17.1 Å². The first-order chi connectivity index (χ1) is 9.71. The first-order valence-electron chi connectivity index (χ1n) is 7.43. The Labute approximate surface area is 127 Å². The van der Waals surface area contributed by atoms with Crippen molar-refractivity contribution >= 4 is 6.09 Å². The van der Waals surface area contributed by atoms with Gasteiger partial charge in [0.2, 0.25) is 0 Å². The van der Waals surface area contributed by atoms with Gasteiger partial charge in [-0.15, -0.1) is 0 Å². The quantitative estimate of drug-likeness (QED) is 0.821. The molecule has 1 aliphatic heterocycles. The molecule has 2 N–H and O–H groups in total. The minimum Gasteiger partial charge on any atom is -0.444 e. The average Bonchev–Trinajstić information content (AvgIpc) is 2.37. The summed E-state index contributed by atoms with van der Waals surface area (Å²) in [5, 5.41) is 22.3. The molecule has 1 atom stereocenters. The van der Waals surface area contributed by atoms with Gasteiger partial charge < -0.3 is 20.1 Å². The molecule has 1 heterocycles. The summed E-state index contributed by atoms with van der Waals surface area (Å²) in [5.41, 5.74) is -1.06. The summed E-state index contributed by atoms with van der Waals surface area (Å²) in [4.78, 5) is 13.6. The van der Waals surface area contributed by atoms with Gasteiger partial charge in [0.1, 0.15) is 5.60 Å². The third-order valence-electron chi connectivity index (χ3n) is 3.68. The van der Waals surface area contributed by atoms with E-state index in [1.165, 1.54) is 0 Å². The van der Waals surface area contributed by atoms with Crippen LogP contribution in [0.25, 0.3) is 0 Å². The standard InChI is InChI=1S/C15H27N3O3/c1-14(2,3)21-13(20)18-7-5-15(11-16,6-8-18)9-12(19)10-17-4/h12,17,19H,5-10H2,1-4H3. The van der Waals surface area contributed by atoms with Gasteiger partial charge in [-0.1, -0.05) is 0 Å². The monoisotopic (exact) mass is 297 g/mol. The zero-order valence-electron chi connectivity index (χ0n) is 13.5. The molecule has 1 unspecified atom stereocenters. The number of hydrogen-bond donors (Lipinski definition) is 2. The van der Waals surface area contributed by atoms with Crippen LogP contribution in [0.1, 0.15) is 40.0 Å². The highest BCUT2D eigenvalue weighted by atomic mass is 16.6. The fourth-order valence-electron chi connectivity index (χ4n) is 2.56. The van der Waals surface area contributed by atoms with Gasteiger partial charge in [-0.2, -0.15) is 5.26 Å². The lowest BCUT2D eigenvalue weighted by Gasteiger charge is -2.38. The summed E-state index contributed by atoms with van der Waals surface area (Å²) < 4.78 is 5.34. The van der Waals surface area contributed by atoms with Crippen LogP contribution in [0.2, 0.25) is 0 Å². The zero-order valence-corrected chi connectivity index (χ0v) is 13.5. The summed E-state index contributed by atoms with van der Waals surface area (Å²) in [7, 11) is 1.77. The molecule has 0 bridgehead atoms. The SMILES string of the molecule is CNCC(O)CC1(C#N)CCN(C(=O)OC(C)(C)C)CC1. The molecule has 0 aliphatic carbocycles. The molecule has 0 spiro atoms. The van der Waals surface area contributed by atoms with Crippen LogP contribution >= 0.6 is 0 Å². The molecule has 6 nitrogen and oxygen atoms in total. The van der Waals surface area contributed by atoms with Crippen molar-refractivity contribution in [2.75, 3.05) is 26.7 Å². The van der Waals surface area contributed by atoms with Crippen LogP contribution in [-0.2, 0) is 4.74 Å². The number of nitrogens with one attached hydrogen (secondary N) is 1. The third-order valence-corrected chi connectivity index (χ3v) is 3.68. The lowest BCUT2D eigenvalue weighted by atomic mass is 9.75. The topological polar surface area (TPSA) is 85.6 Å². The van der Waals surface area contributed by atoms with Gasteiger partial charge in [-0.3, -0.25) is 0 Å². The fourth-order valence-corrected chi connectivity index (χ4v) is 2.56. The fraction of sp³-hybridized carbons (Fsp3) is 0.867. The number of amides is 1. The van der Waals surface area contributed by atoms with Gasteiger partial charge in [0.05, 0.1) is 17.6 Å². The highest BCUT2D eigenvalue weighted by Gasteiger charge is 2.38. The molecular formula is C15H27N3O3. The van der Waals surface area contributed by atoms with Crippen LogP contribution < -0.4 is 5.32 Å². The van der Waals surface area contributed by atoms with Crippen LogP contribution in [0.4, 0.5) is 4.79 Å². The highest BCUT2D eigenvalue weighted by Crippen LogP contribution is 2.35. The highest BCUT2D eigenvalue weighted by molar-refractivity contribution is 5.68. The summed E-state index contributed by atoms with van der Waals surface area (Å²) >= 11 is 0. The van der Waals surface area contributed by atoms with E-state index in [0.717, 1.165) is 0 Å². The number of likely N-dealkylation sites (N-methyl/N-ethyl adjacent to an activating group) is 1. The molecule has 0 aromatic carbocycles. The van der Waals surface area contributed by atoms with E-state index in [9.17, 15) is 15.2 Å². The molecular weight excluding hydrogens is 270 g/mol. The van der Waals surface area contributed by atoms with Crippen LogP contribution in [0.15, 0.2) is 0 Å². The Morgan fingerprint density at radius 3 is 2.48 bits per heavy atom. The van der Waals surface area contributed by atoms with Crippen molar-refractivity contribution in [3.05, 3.63) is 0 Å². The molecule has 21 heavy (non-hydrogen) atoms. The van der Waals surface area contributed by atoms with Crippen LogP contribution in [0.5, 0.6) is 0 Å². The number of rotatable bonds is 4. The van der Waals surface area contributed by atoms with Crippen molar-refractivity contribution in [1.82, 2.24) is 10.2 Å². The first kappa shape index (κ1) is 17.7. The van der Waals surface area contributed by atoms with E-state index >= 15 is 0 Å². The molecule has 0 saturated carbocycles.